The molecule has 0 aliphatic heterocycles. The van der Waals surface area contributed by atoms with E-state index in [-0.39, 0.29) is 57.6 Å². The summed E-state index contributed by atoms with van der Waals surface area (Å²) in [7, 11) is 0. The molecule has 0 fully saturated rings. The van der Waals surface area contributed by atoms with E-state index < -0.39 is 12.1 Å². The lowest BCUT2D eigenvalue weighted by atomic mass is 9.99. The highest BCUT2D eigenvalue weighted by Crippen LogP contribution is 2.41. The molecule has 0 aliphatic rings. The van der Waals surface area contributed by atoms with Crippen molar-refractivity contribution in [3.63, 3.8) is 0 Å². The largest absolute Gasteiger partial charge is 0.309 e. The average molecular weight is 796 g/mol. The lowest BCUT2D eigenvalue weighted by Crippen LogP contribution is -1.95. The van der Waals surface area contributed by atoms with Gasteiger partial charge in [0.15, 0.2) is 0 Å². The molecule has 2 heterocycles. The predicted octanol–water partition coefficient (Wildman–Crippen LogP) is 16.2. The van der Waals surface area contributed by atoms with Crippen molar-refractivity contribution in [3.8, 4) is 67.0 Å². The number of hydrogen-bond acceptors (Lipinski definition) is 0. The number of benzene rings is 10. The summed E-state index contributed by atoms with van der Waals surface area (Å²) in [5.74, 6) is 0. The van der Waals surface area contributed by atoms with Crippen LogP contribution in [0.5, 0.6) is 0 Å². The second kappa shape index (κ2) is 14.8. The lowest BCUT2D eigenvalue weighted by molar-refractivity contribution is 1.18. The maximum Gasteiger partial charge on any atom is 0.0645 e. The molecule has 2 nitrogen and oxygen atoms in total. The van der Waals surface area contributed by atoms with Crippen LogP contribution in [0.15, 0.2) is 242 Å². The van der Waals surface area contributed by atoms with Gasteiger partial charge in [-0.3, -0.25) is 0 Å². The fourth-order valence-corrected chi connectivity index (χ4v) is 9.01. The van der Waals surface area contributed by atoms with Crippen molar-refractivity contribution in [1.82, 2.24) is 9.13 Å². The van der Waals surface area contributed by atoms with Gasteiger partial charge in [0.1, 0.15) is 0 Å². The number of nitrogens with zero attached hydrogens (tertiary/aromatic N) is 2. The summed E-state index contributed by atoms with van der Waals surface area (Å²) < 4.78 is 69.3. The van der Waals surface area contributed by atoms with E-state index in [4.69, 9.17) is 2.74 Å². The molecule has 0 aliphatic carbocycles. The second-order valence-electron chi connectivity index (χ2n) is 15.6. The third-order valence-corrected chi connectivity index (χ3v) is 12.0. The number of para-hydroxylation sites is 2. The van der Waals surface area contributed by atoms with E-state index in [2.05, 4.69) is 95.6 Å². The minimum Gasteiger partial charge on any atom is -0.309 e. The molecule has 0 saturated heterocycles. The van der Waals surface area contributed by atoms with Crippen LogP contribution in [0.4, 0.5) is 0 Å². The Labute approximate surface area is 370 Å². The highest BCUT2D eigenvalue weighted by Gasteiger charge is 2.19. The van der Waals surface area contributed by atoms with E-state index in [0.717, 1.165) is 72.0 Å². The molecule has 0 spiro atoms. The molecule has 10 aromatic carbocycles. The summed E-state index contributed by atoms with van der Waals surface area (Å²) in [4.78, 5) is 0. The number of hydrogen-bond donors (Lipinski definition) is 0. The van der Waals surface area contributed by atoms with Crippen LogP contribution < -0.4 is 0 Å². The van der Waals surface area contributed by atoms with Gasteiger partial charge in [-0.1, -0.05) is 182 Å². The number of fused-ring (bicyclic) bond motifs is 6. The zero-order valence-electron chi connectivity index (χ0n) is 40.4. The summed E-state index contributed by atoms with van der Waals surface area (Å²) in [5.41, 5.74) is 13.0. The fourth-order valence-electron chi connectivity index (χ4n) is 9.01. The first-order valence-corrected chi connectivity index (χ1v) is 20.8. The van der Waals surface area contributed by atoms with Gasteiger partial charge in [-0.25, -0.2) is 0 Å². The average Bonchev–Trinajstić information content (AvgIpc) is 3.94. The minimum absolute atomic E-state index is 0.0845. The van der Waals surface area contributed by atoms with Crippen LogP contribution in [0.25, 0.3) is 111 Å². The molecule has 0 atom stereocenters. The standard InChI is InChI=1S/C60H40N2/c1-4-14-41(15-5-1)43-26-34-51(35-27-43)62-59-37-31-49(40-56(59)54-24-13-23-52(60(54)62)45-18-8-3-9-19-45)48-30-36-58-55(39-48)53-22-10-11-25-57(53)61(58)50-32-28-44(29-33-50)47-21-12-20-46(38-47)42-16-6-2-7-17-42/h1-40H/i10D,11D,22D,25D,30D,36D,39D. The molecule has 0 unspecified atom stereocenters. The molecule has 290 valence electrons. The van der Waals surface area contributed by atoms with Crippen LogP contribution in [0.2, 0.25) is 0 Å². The highest BCUT2D eigenvalue weighted by atomic mass is 15.0. The van der Waals surface area contributed by atoms with Crippen LogP contribution >= 0.6 is 0 Å². The summed E-state index contributed by atoms with van der Waals surface area (Å²) in [6, 6.07) is 65.5. The Hall–Kier alpha value is -8.20. The Kier molecular flexibility index (Phi) is 6.95. The molecule has 0 N–H and O–H groups in total. The van der Waals surface area contributed by atoms with Gasteiger partial charge in [0.05, 0.1) is 31.7 Å². The SMILES string of the molecule is [2H]c1c([2H])c([2H])c2c(c1[2H])c1c([2H])c(-c3ccc4c(c3)c3cccc(-c5ccccc5)c3n4-c3ccc(-c4ccccc4)cc3)c([2H])c([2H])c1n2-c1ccc(-c2cccc(-c3ccccc3)c2)cc1. The van der Waals surface area contributed by atoms with Crippen molar-refractivity contribution in [2.75, 3.05) is 0 Å². The molecular formula is C60H40N2. The van der Waals surface area contributed by atoms with Gasteiger partial charge in [0, 0.05) is 38.5 Å². The minimum atomic E-state index is -0.428. The van der Waals surface area contributed by atoms with Gasteiger partial charge < -0.3 is 9.13 Å². The van der Waals surface area contributed by atoms with Gasteiger partial charge >= 0.3 is 0 Å². The van der Waals surface area contributed by atoms with Crippen molar-refractivity contribution < 1.29 is 9.60 Å². The topological polar surface area (TPSA) is 9.86 Å². The molecule has 0 amide bonds. The molecule has 0 saturated carbocycles. The summed E-state index contributed by atoms with van der Waals surface area (Å²) in [6.45, 7) is 0. The zero-order chi connectivity index (χ0) is 47.1. The van der Waals surface area contributed by atoms with Gasteiger partial charge in [0.2, 0.25) is 0 Å². The molecule has 2 aromatic heterocycles. The van der Waals surface area contributed by atoms with E-state index in [0.29, 0.717) is 11.3 Å². The Balaban J connectivity index is 1.06. The van der Waals surface area contributed by atoms with Crippen molar-refractivity contribution in [2.24, 2.45) is 0 Å². The van der Waals surface area contributed by atoms with Gasteiger partial charge in [-0.05, 0) is 111 Å². The maximum absolute atomic E-state index is 9.97. The number of aromatic nitrogens is 2. The van der Waals surface area contributed by atoms with E-state index in [9.17, 15) is 6.85 Å². The van der Waals surface area contributed by atoms with E-state index in [1.807, 2.05) is 109 Å². The predicted molar refractivity (Wildman–Crippen MR) is 262 cm³/mol. The Bertz CT molecular complexity index is 3990. The van der Waals surface area contributed by atoms with Crippen molar-refractivity contribution >= 4 is 43.6 Å². The normalized spacial score (nSPS) is 13.1. The van der Waals surface area contributed by atoms with Crippen LogP contribution in [0.3, 0.4) is 0 Å². The molecule has 0 bridgehead atoms. The maximum atomic E-state index is 9.97. The second-order valence-corrected chi connectivity index (χ2v) is 15.6. The van der Waals surface area contributed by atoms with Gasteiger partial charge in [0.25, 0.3) is 0 Å². The van der Waals surface area contributed by atoms with Crippen molar-refractivity contribution in [3.05, 3.63) is 242 Å². The molecule has 62 heavy (non-hydrogen) atoms. The third kappa shape index (κ3) is 6.04. The molecule has 12 aromatic rings. The van der Waals surface area contributed by atoms with E-state index in [1.165, 1.54) is 0 Å². The zero-order valence-corrected chi connectivity index (χ0v) is 33.4. The fraction of sp³-hybridized carbons (Fsp3) is 0. The molecule has 12 rings (SSSR count). The highest BCUT2D eigenvalue weighted by molar-refractivity contribution is 6.15. The van der Waals surface area contributed by atoms with Crippen LogP contribution in [-0.2, 0) is 0 Å². The Morgan fingerprint density at radius 1 is 0.290 bits per heavy atom. The van der Waals surface area contributed by atoms with E-state index >= 15 is 0 Å². The van der Waals surface area contributed by atoms with Gasteiger partial charge in [-0.15, -0.1) is 0 Å². The first-order chi connectivity index (χ1) is 33.7. The number of rotatable bonds is 7. The molecule has 0 radical (unpaired) electrons. The van der Waals surface area contributed by atoms with Crippen LogP contribution in [0, 0.1) is 0 Å². The van der Waals surface area contributed by atoms with Crippen molar-refractivity contribution in [1.29, 1.82) is 0 Å². The first kappa shape index (κ1) is 29.1. The summed E-state index contributed by atoms with van der Waals surface area (Å²) in [6.07, 6.45) is 0. The Morgan fingerprint density at radius 3 is 1.50 bits per heavy atom. The molecular weight excluding hydrogens is 749 g/mol. The van der Waals surface area contributed by atoms with Crippen molar-refractivity contribution in [2.45, 2.75) is 0 Å². The van der Waals surface area contributed by atoms with Crippen LogP contribution in [0.1, 0.15) is 9.60 Å². The van der Waals surface area contributed by atoms with E-state index in [1.54, 1.807) is 4.57 Å². The third-order valence-electron chi connectivity index (χ3n) is 12.0. The molecule has 2 heteroatoms. The monoisotopic (exact) mass is 795 g/mol. The van der Waals surface area contributed by atoms with Crippen LogP contribution in [-0.4, -0.2) is 9.13 Å². The summed E-state index contributed by atoms with van der Waals surface area (Å²) in [5, 5.41) is 2.21. The first-order valence-electron chi connectivity index (χ1n) is 24.3. The quantitative estimate of drug-likeness (QED) is 0.152. The van der Waals surface area contributed by atoms with Gasteiger partial charge in [-0.2, -0.15) is 0 Å². The summed E-state index contributed by atoms with van der Waals surface area (Å²) >= 11 is 0. The lowest BCUT2D eigenvalue weighted by Gasteiger charge is -2.13. The Morgan fingerprint density at radius 2 is 0.806 bits per heavy atom. The smallest absolute Gasteiger partial charge is 0.0645 e.